The largest absolute Gasteiger partial charge is 0.511 e. The number of fused-ring (bicyclic) bond motifs is 4. The topological polar surface area (TPSA) is 132 Å². The van der Waals surface area contributed by atoms with Gasteiger partial charge in [-0.1, -0.05) is 48.5 Å². The van der Waals surface area contributed by atoms with E-state index >= 15 is 0 Å². The van der Waals surface area contributed by atoms with E-state index in [9.17, 15) is 25.2 Å². The normalized spacial score (nSPS) is 17.7. The number of nitrogens with zero attached hydrogens (tertiary/aromatic N) is 4. The number of aliphatic hydroxyl groups excluding tert-OH is 1. The number of carbonyl (C=O) groups excluding carboxylic acids is 2. The lowest BCUT2D eigenvalue weighted by Gasteiger charge is -2.43. The van der Waals surface area contributed by atoms with E-state index < -0.39 is 5.92 Å². The third-order valence-electron chi connectivity index (χ3n) is 13.4. The predicted molar refractivity (Wildman–Crippen MR) is 231 cm³/mol. The second-order valence-corrected chi connectivity index (χ2v) is 16.4. The van der Waals surface area contributed by atoms with Crippen molar-refractivity contribution in [1.82, 2.24) is 0 Å². The number of anilines is 4. The van der Waals surface area contributed by atoms with Crippen LogP contribution in [-0.4, -0.2) is 43.1 Å². The fourth-order valence-electron chi connectivity index (χ4n) is 11.3. The van der Waals surface area contributed by atoms with Crippen LogP contribution >= 0.6 is 0 Å². The molecule has 0 fully saturated rings. The average molecular weight is 761 g/mol. The van der Waals surface area contributed by atoms with Crippen molar-refractivity contribution in [3.05, 3.63) is 111 Å². The van der Waals surface area contributed by atoms with E-state index in [1.807, 2.05) is 12.1 Å². The number of carbonyl (C=O) groups is 2. The Morgan fingerprint density at radius 2 is 1.19 bits per heavy atom. The number of benzene rings is 6. The van der Waals surface area contributed by atoms with Crippen molar-refractivity contribution in [2.45, 2.75) is 58.3 Å². The molecular formula is C49H40N6O3. The highest BCUT2D eigenvalue weighted by atomic mass is 16.3. The lowest BCUT2D eigenvalue weighted by Crippen LogP contribution is -2.36. The molecule has 9 heteroatoms. The van der Waals surface area contributed by atoms with Gasteiger partial charge in [0.15, 0.2) is 0 Å². The highest BCUT2D eigenvalue weighted by molar-refractivity contribution is 6.21. The van der Waals surface area contributed by atoms with Crippen LogP contribution < -0.4 is 20.4 Å². The number of aliphatic hydroxyl groups is 1. The predicted octanol–water partition coefficient (Wildman–Crippen LogP) is 9.24. The molecule has 0 radical (unpaired) electrons. The molecule has 5 aliphatic rings. The van der Waals surface area contributed by atoms with Gasteiger partial charge in [-0.3, -0.25) is 9.59 Å². The first-order chi connectivity index (χ1) is 28.3. The molecule has 284 valence electrons. The molecule has 0 saturated heterocycles. The molecule has 0 aromatic heterocycles. The highest BCUT2D eigenvalue weighted by Gasteiger charge is 2.46. The molecule has 3 N–H and O–H groups in total. The maximum Gasteiger partial charge on any atom is 0.221 e. The third kappa shape index (κ3) is 4.62. The van der Waals surface area contributed by atoms with Crippen molar-refractivity contribution in [1.29, 1.82) is 10.5 Å². The molecule has 0 spiro atoms. The highest BCUT2D eigenvalue weighted by Crippen LogP contribution is 2.62. The second kappa shape index (κ2) is 12.6. The summed E-state index contributed by atoms with van der Waals surface area (Å²) in [6, 6.07) is 25.4. The number of nitrogens with one attached hydrogen (secondary N) is 2. The van der Waals surface area contributed by atoms with Crippen molar-refractivity contribution in [2.24, 2.45) is 0 Å². The summed E-state index contributed by atoms with van der Waals surface area (Å²) in [5.74, 6) is -1.37. The molecule has 11 rings (SSSR count). The zero-order valence-corrected chi connectivity index (χ0v) is 32.5. The molecule has 58 heavy (non-hydrogen) atoms. The van der Waals surface area contributed by atoms with Crippen LogP contribution in [0.3, 0.4) is 0 Å². The summed E-state index contributed by atoms with van der Waals surface area (Å²) in [7, 11) is 0. The molecule has 0 saturated carbocycles. The maximum atomic E-state index is 13.2. The van der Waals surface area contributed by atoms with Gasteiger partial charge in [-0.05, 0) is 99.7 Å². The number of nitriles is 2. The molecule has 2 amide bonds. The Kier molecular flexibility index (Phi) is 7.46. The molecule has 0 bridgehead atoms. The van der Waals surface area contributed by atoms with Crippen LogP contribution in [-0.2, 0) is 35.3 Å². The maximum absolute atomic E-state index is 13.2. The van der Waals surface area contributed by atoms with Crippen LogP contribution in [0.15, 0.2) is 77.6 Å². The summed E-state index contributed by atoms with van der Waals surface area (Å²) in [6.45, 7) is 6.55. The van der Waals surface area contributed by atoms with Gasteiger partial charge in [-0.2, -0.15) is 10.5 Å². The van der Waals surface area contributed by atoms with Crippen molar-refractivity contribution in [3.63, 3.8) is 0 Å². The van der Waals surface area contributed by atoms with Crippen LogP contribution in [0, 0.1) is 22.7 Å². The lowest BCUT2D eigenvalue weighted by atomic mass is 9.65. The molecule has 1 atom stereocenters. The van der Waals surface area contributed by atoms with Gasteiger partial charge >= 0.3 is 0 Å². The van der Waals surface area contributed by atoms with Crippen molar-refractivity contribution in [2.75, 3.05) is 46.6 Å². The fraction of sp³-hybridized carbons (Fsp3) is 0.265. The van der Waals surface area contributed by atoms with Crippen LogP contribution in [0.1, 0.15) is 66.0 Å². The van der Waals surface area contributed by atoms with Crippen LogP contribution in [0.4, 0.5) is 22.7 Å². The number of allylic oxidation sites excluding steroid dienone is 3. The van der Waals surface area contributed by atoms with E-state index in [0.717, 1.165) is 120 Å². The summed E-state index contributed by atoms with van der Waals surface area (Å²) in [6.07, 6.45) is 4.96. The van der Waals surface area contributed by atoms with Crippen LogP contribution in [0.2, 0.25) is 0 Å². The van der Waals surface area contributed by atoms with Crippen molar-refractivity contribution < 1.29 is 14.7 Å². The van der Waals surface area contributed by atoms with E-state index in [4.69, 9.17) is 0 Å². The Morgan fingerprint density at radius 1 is 0.672 bits per heavy atom. The minimum absolute atomic E-state index is 0.0116. The second-order valence-electron chi connectivity index (χ2n) is 16.4. The Balaban J connectivity index is 1.30. The van der Waals surface area contributed by atoms with Gasteiger partial charge in [-0.15, -0.1) is 0 Å². The van der Waals surface area contributed by atoms with E-state index in [0.29, 0.717) is 33.6 Å². The monoisotopic (exact) mass is 760 g/mol. The van der Waals surface area contributed by atoms with Gasteiger partial charge in [0, 0.05) is 78.6 Å². The molecule has 1 aliphatic carbocycles. The smallest absolute Gasteiger partial charge is 0.221 e. The quantitative estimate of drug-likeness (QED) is 0.121. The van der Waals surface area contributed by atoms with Gasteiger partial charge in [0.2, 0.25) is 11.8 Å². The SMILES string of the molecule is CC(=O)Nc1c2c3c4c(c5ccccc5cc4c1C1=C(O)C(c4c(NC(C)=O)c5c6c7c(c8ccccc8cc47)CCN6CCC5)C1=C(C#N)C#N)CCN3CCC2. The number of rotatable bonds is 4. The molecule has 4 heterocycles. The summed E-state index contributed by atoms with van der Waals surface area (Å²) in [4.78, 5) is 31.3. The number of amides is 2. The molecular weight excluding hydrogens is 721 g/mol. The first-order valence-electron chi connectivity index (χ1n) is 20.4. The summed E-state index contributed by atoms with van der Waals surface area (Å²) in [5, 5.41) is 49.4. The molecule has 1 unspecified atom stereocenters. The first kappa shape index (κ1) is 34.4. The Bertz CT molecular complexity index is 3070. The summed E-state index contributed by atoms with van der Waals surface area (Å²) < 4.78 is 0. The first-order valence-corrected chi connectivity index (χ1v) is 20.4. The number of hydrogen-bond acceptors (Lipinski definition) is 7. The van der Waals surface area contributed by atoms with Gasteiger partial charge in [0.25, 0.3) is 0 Å². The summed E-state index contributed by atoms with van der Waals surface area (Å²) in [5.41, 5.74) is 10.0. The van der Waals surface area contributed by atoms with Crippen LogP contribution in [0.5, 0.6) is 0 Å². The summed E-state index contributed by atoms with van der Waals surface area (Å²) >= 11 is 0. The van der Waals surface area contributed by atoms with E-state index in [1.165, 1.54) is 35.7 Å². The zero-order valence-electron chi connectivity index (χ0n) is 32.5. The molecule has 4 aliphatic heterocycles. The third-order valence-corrected chi connectivity index (χ3v) is 13.4. The average Bonchev–Trinajstić information content (AvgIpc) is 3.23. The lowest BCUT2D eigenvalue weighted by molar-refractivity contribution is -0.115. The van der Waals surface area contributed by atoms with E-state index in [1.54, 1.807) is 0 Å². The Labute approximate surface area is 335 Å². The standard InChI is InChI=1S/C49H40N6O3/c1-25(56)52-45-34-13-7-17-54-19-15-32-30-11-5-3-9-27(30)21-36(39(32)47(34)54)41(45)43-38(29(23-50)24-51)44(49(43)58)42-37-22-28-10-4-6-12-31(28)33-16-20-55-18-8-14-35(48(55)40(33)37)46(42)53-26(2)57/h3-6,9-12,21-22,43,58H,7-8,13-20H2,1-2H3,(H,52,56)(H,53,57). The van der Waals surface area contributed by atoms with Gasteiger partial charge in [0.1, 0.15) is 23.5 Å². The molecule has 9 nitrogen and oxygen atoms in total. The minimum atomic E-state index is -0.900. The van der Waals surface area contributed by atoms with Gasteiger partial charge in [0.05, 0.1) is 28.7 Å². The Hall–Kier alpha value is -6.84. The fourth-order valence-corrected chi connectivity index (χ4v) is 11.3. The van der Waals surface area contributed by atoms with Gasteiger partial charge in [-0.25, -0.2) is 0 Å². The molecule has 6 aromatic carbocycles. The Morgan fingerprint density at radius 3 is 1.76 bits per heavy atom. The minimum Gasteiger partial charge on any atom is -0.511 e. The van der Waals surface area contributed by atoms with E-state index in [2.05, 4.69) is 81.1 Å². The molecule has 6 aromatic rings. The van der Waals surface area contributed by atoms with Gasteiger partial charge < -0.3 is 25.5 Å². The van der Waals surface area contributed by atoms with Crippen molar-refractivity contribution in [3.8, 4) is 12.1 Å². The van der Waals surface area contributed by atoms with E-state index in [-0.39, 0.29) is 23.1 Å². The zero-order chi connectivity index (χ0) is 39.6. The van der Waals surface area contributed by atoms with Crippen molar-refractivity contribution >= 4 is 83.2 Å². The van der Waals surface area contributed by atoms with Crippen LogP contribution in [0.25, 0.3) is 48.7 Å². The number of hydrogen-bond donors (Lipinski definition) is 3.